The van der Waals surface area contributed by atoms with Gasteiger partial charge < -0.3 is 14.7 Å². The van der Waals surface area contributed by atoms with Gasteiger partial charge in [0.15, 0.2) is 0 Å². The Kier molecular flexibility index (Phi) is 5.15. The maximum Gasteiger partial charge on any atom is 0.317 e. The normalized spacial score (nSPS) is 23.1. The molecule has 108 valence electrons. The summed E-state index contributed by atoms with van der Waals surface area (Å²) in [5.41, 5.74) is 0. The SMILES string of the molecule is O=C(O)CN1CCCN(C(=O)C2CCOCC2)CC1. The lowest BCUT2D eigenvalue weighted by Gasteiger charge is -2.28. The zero-order valence-corrected chi connectivity index (χ0v) is 11.2. The van der Waals surface area contributed by atoms with Crippen LogP contribution in [0.25, 0.3) is 0 Å². The minimum atomic E-state index is -0.802. The van der Waals surface area contributed by atoms with Crippen LogP contribution in [-0.2, 0) is 14.3 Å². The first-order chi connectivity index (χ1) is 9.16. The van der Waals surface area contributed by atoms with Crippen molar-refractivity contribution in [3.05, 3.63) is 0 Å². The summed E-state index contributed by atoms with van der Waals surface area (Å²) in [5, 5.41) is 8.80. The number of ether oxygens (including phenoxy) is 1. The molecule has 2 saturated heterocycles. The van der Waals surface area contributed by atoms with Gasteiger partial charge in [0.2, 0.25) is 5.91 Å². The Morgan fingerprint density at radius 2 is 1.84 bits per heavy atom. The van der Waals surface area contributed by atoms with Crippen LogP contribution in [0.15, 0.2) is 0 Å². The molecule has 6 heteroatoms. The fraction of sp³-hybridized carbons (Fsp3) is 0.846. The molecular formula is C13H22N2O4. The Morgan fingerprint density at radius 3 is 2.53 bits per heavy atom. The molecule has 0 unspecified atom stereocenters. The van der Waals surface area contributed by atoms with Crippen LogP contribution in [0.5, 0.6) is 0 Å². The number of rotatable bonds is 3. The van der Waals surface area contributed by atoms with E-state index < -0.39 is 5.97 Å². The molecule has 0 radical (unpaired) electrons. The first kappa shape index (κ1) is 14.3. The van der Waals surface area contributed by atoms with E-state index in [1.54, 1.807) is 0 Å². The zero-order chi connectivity index (χ0) is 13.7. The van der Waals surface area contributed by atoms with Crippen molar-refractivity contribution in [2.45, 2.75) is 19.3 Å². The van der Waals surface area contributed by atoms with Crippen molar-refractivity contribution in [1.29, 1.82) is 0 Å². The van der Waals surface area contributed by atoms with Gasteiger partial charge in [0.1, 0.15) is 0 Å². The van der Waals surface area contributed by atoms with Crippen LogP contribution in [0, 0.1) is 5.92 Å². The molecule has 0 aliphatic carbocycles. The number of carboxylic acids is 1. The predicted octanol–water partition coefficient (Wildman–Crippen LogP) is 0.0319. The molecule has 1 N–H and O–H groups in total. The zero-order valence-electron chi connectivity index (χ0n) is 11.2. The summed E-state index contributed by atoms with van der Waals surface area (Å²) < 4.78 is 5.28. The number of hydrogen-bond acceptors (Lipinski definition) is 4. The number of carbonyl (C=O) groups is 2. The van der Waals surface area contributed by atoms with Crippen LogP contribution in [-0.4, -0.2) is 72.7 Å². The lowest BCUT2D eigenvalue weighted by Crippen LogP contribution is -2.41. The third-order valence-electron chi connectivity index (χ3n) is 3.83. The van der Waals surface area contributed by atoms with Crippen LogP contribution in [0.2, 0.25) is 0 Å². The molecule has 0 aromatic heterocycles. The van der Waals surface area contributed by atoms with Gasteiger partial charge in [0, 0.05) is 45.3 Å². The van der Waals surface area contributed by atoms with Gasteiger partial charge in [-0.15, -0.1) is 0 Å². The second kappa shape index (κ2) is 6.86. The second-order valence-electron chi connectivity index (χ2n) is 5.24. The van der Waals surface area contributed by atoms with E-state index in [-0.39, 0.29) is 18.4 Å². The summed E-state index contributed by atoms with van der Waals surface area (Å²) in [6.07, 6.45) is 2.48. The van der Waals surface area contributed by atoms with Crippen LogP contribution in [0.3, 0.4) is 0 Å². The molecule has 2 heterocycles. The van der Waals surface area contributed by atoms with Crippen molar-refractivity contribution < 1.29 is 19.4 Å². The number of aliphatic carboxylic acids is 1. The van der Waals surface area contributed by atoms with Crippen molar-refractivity contribution in [2.75, 3.05) is 45.9 Å². The smallest absolute Gasteiger partial charge is 0.317 e. The predicted molar refractivity (Wildman–Crippen MR) is 68.8 cm³/mol. The molecule has 19 heavy (non-hydrogen) atoms. The highest BCUT2D eigenvalue weighted by Crippen LogP contribution is 2.18. The Hall–Kier alpha value is -1.14. The van der Waals surface area contributed by atoms with Gasteiger partial charge in [0.25, 0.3) is 0 Å². The lowest BCUT2D eigenvalue weighted by atomic mass is 9.98. The van der Waals surface area contributed by atoms with E-state index in [1.807, 2.05) is 9.80 Å². The summed E-state index contributed by atoms with van der Waals surface area (Å²) in [5.74, 6) is -0.482. The van der Waals surface area contributed by atoms with Gasteiger partial charge in [-0.2, -0.15) is 0 Å². The Morgan fingerprint density at radius 1 is 1.11 bits per heavy atom. The minimum absolute atomic E-state index is 0.0687. The van der Waals surface area contributed by atoms with Gasteiger partial charge in [-0.1, -0.05) is 0 Å². The molecular weight excluding hydrogens is 248 g/mol. The standard InChI is InChI=1S/C13H22N2O4/c16-12(17)10-14-4-1-5-15(7-6-14)13(18)11-2-8-19-9-3-11/h11H,1-10H2,(H,16,17). The largest absolute Gasteiger partial charge is 0.480 e. The fourth-order valence-corrected chi connectivity index (χ4v) is 2.74. The Labute approximate surface area is 113 Å². The maximum absolute atomic E-state index is 12.4. The number of amides is 1. The average Bonchev–Trinajstić information content (AvgIpc) is 2.64. The topological polar surface area (TPSA) is 70.1 Å². The molecule has 0 spiro atoms. The highest BCUT2D eigenvalue weighted by Gasteiger charge is 2.27. The van der Waals surface area contributed by atoms with Crippen molar-refractivity contribution >= 4 is 11.9 Å². The third kappa shape index (κ3) is 4.18. The van der Waals surface area contributed by atoms with Crippen LogP contribution in [0.1, 0.15) is 19.3 Å². The van der Waals surface area contributed by atoms with Gasteiger partial charge in [-0.25, -0.2) is 0 Å². The molecule has 0 bridgehead atoms. The highest BCUT2D eigenvalue weighted by atomic mass is 16.5. The van der Waals surface area contributed by atoms with Crippen LogP contribution < -0.4 is 0 Å². The summed E-state index contributed by atoms with van der Waals surface area (Å²) in [6, 6.07) is 0. The molecule has 2 aliphatic rings. The van der Waals surface area contributed by atoms with E-state index in [0.717, 1.165) is 32.4 Å². The molecule has 2 fully saturated rings. The fourth-order valence-electron chi connectivity index (χ4n) is 2.74. The van der Waals surface area contributed by atoms with E-state index in [0.29, 0.717) is 26.3 Å². The first-order valence-electron chi connectivity index (χ1n) is 6.97. The Balaban J connectivity index is 1.84. The van der Waals surface area contributed by atoms with Gasteiger partial charge in [0.05, 0.1) is 6.54 Å². The van der Waals surface area contributed by atoms with Crippen molar-refractivity contribution in [3.63, 3.8) is 0 Å². The monoisotopic (exact) mass is 270 g/mol. The van der Waals surface area contributed by atoms with Crippen molar-refractivity contribution in [2.24, 2.45) is 5.92 Å². The van der Waals surface area contributed by atoms with E-state index in [4.69, 9.17) is 9.84 Å². The highest BCUT2D eigenvalue weighted by molar-refractivity contribution is 5.79. The summed E-state index contributed by atoms with van der Waals surface area (Å²) >= 11 is 0. The summed E-state index contributed by atoms with van der Waals surface area (Å²) in [4.78, 5) is 26.9. The number of hydrogen-bond donors (Lipinski definition) is 1. The van der Waals surface area contributed by atoms with E-state index in [1.165, 1.54) is 0 Å². The average molecular weight is 270 g/mol. The molecule has 0 saturated carbocycles. The van der Waals surface area contributed by atoms with E-state index >= 15 is 0 Å². The number of carbonyl (C=O) groups excluding carboxylic acids is 1. The summed E-state index contributed by atoms with van der Waals surface area (Å²) in [7, 11) is 0. The van der Waals surface area contributed by atoms with Crippen LogP contribution >= 0.6 is 0 Å². The minimum Gasteiger partial charge on any atom is -0.480 e. The molecule has 0 aromatic carbocycles. The number of carboxylic acid groups (broad SMARTS) is 1. The van der Waals surface area contributed by atoms with Gasteiger partial charge in [-0.05, 0) is 19.3 Å². The van der Waals surface area contributed by atoms with E-state index in [2.05, 4.69) is 0 Å². The molecule has 2 aliphatic heterocycles. The van der Waals surface area contributed by atoms with Crippen molar-refractivity contribution in [1.82, 2.24) is 9.80 Å². The summed E-state index contributed by atoms with van der Waals surface area (Å²) in [6.45, 7) is 4.21. The van der Waals surface area contributed by atoms with Crippen LogP contribution in [0.4, 0.5) is 0 Å². The third-order valence-corrected chi connectivity index (χ3v) is 3.83. The molecule has 0 atom stereocenters. The lowest BCUT2D eigenvalue weighted by molar-refractivity contribution is -0.138. The number of nitrogens with zero attached hydrogens (tertiary/aromatic N) is 2. The molecule has 0 aromatic rings. The van der Waals surface area contributed by atoms with Crippen molar-refractivity contribution in [3.8, 4) is 0 Å². The quantitative estimate of drug-likeness (QED) is 0.783. The Bertz CT molecular complexity index is 329. The molecule has 1 amide bonds. The second-order valence-corrected chi connectivity index (χ2v) is 5.24. The van der Waals surface area contributed by atoms with Gasteiger partial charge in [-0.3, -0.25) is 14.5 Å². The maximum atomic E-state index is 12.4. The first-order valence-corrected chi connectivity index (χ1v) is 6.97. The van der Waals surface area contributed by atoms with E-state index in [9.17, 15) is 9.59 Å². The molecule has 6 nitrogen and oxygen atoms in total. The molecule has 2 rings (SSSR count). The van der Waals surface area contributed by atoms with Gasteiger partial charge >= 0.3 is 5.97 Å².